The number of hydrogen-bond donors (Lipinski definition) is 0. The van der Waals surface area contributed by atoms with Gasteiger partial charge in [-0.15, -0.1) is 11.8 Å². The van der Waals surface area contributed by atoms with E-state index in [1.165, 1.54) is 5.56 Å². The first-order valence-corrected chi connectivity index (χ1v) is 6.98. The predicted molar refractivity (Wildman–Crippen MR) is 77.1 cm³/mol. The van der Waals surface area contributed by atoms with Crippen LogP contribution in [0.2, 0.25) is 0 Å². The number of thioether (sulfide) groups is 1. The first kappa shape index (κ1) is 12.9. The number of carbonyl (C=O) groups excluding carboxylic acids is 1. The summed E-state index contributed by atoms with van der Waals surface area (Å²) in [6.07, 6.45) is 0.528. The highest BCUT2D eigenvalue weighted by molar-refractivity contribution is 8.00. The minimum atomic E-state index is 0.271. The molecular formula is C16H16OS. The van der Waals surface area contributed by atoms with Crippen LogP contribution >= 0.6 is 11.8 Å². The Morgan fingerprint density at radius 3 is 2.33 bits per heavy atom. The summed E-state index contributed by atoms with van der Waals surface area (Å²) in [6.45, 7) is 2.05. The van der Waals surface area contributed by atoms with Gasteiger partial charge in [-0.3, -0.25) is 4.79 Å². The highest BCUT2D eigenvalue weighted by atomic mass is 32.2. The Morgan fingerprint density at radius 2 is 1.67 bits per heavy atom. The predicted octanol–water partition coefficient (Wildman–Crippen LogP) is 3.90. The van der Waals surface area contributed by atoms with E-state index in [0.717, 1.165) is 10.5 Å². The van der Waals surface area contributed by atoms with Gasteiger partial charge in [-0.25, -0.2) is 0 Å². The van der Waals surface area contributed by atoms with Crippen molar-refractivity contribution in [3.8, 4) is 0 Å². The van der Waals surface area contributed by atoms with E-state index in [0.29, 0.717) is 12.2 Å². The molecule has 0 radical (unpaired) electrons. The molecule has 2 aromatic carbocycles. The lowest BCUT2D eigenvalue weighted by molar-refractivity contribution is -0.116. The molecule has 0 saturated carbocycles. The molecular weight excluding hydrogens is 240 g/mol. The van der Waals surface area contributed by atoms with Gasteiger partial charge in [-0.05, 0) is 24.6 Å². The molecule has 0 aliphatic rings. The Bertz CT molecular complexity index is 502. The molecule has 0 aliphatic heterocycles. The Labute approximate surface area is 112 Å². The van der Waals surface area contributed by atoms with Gasteiger partial charge in [-0.2, -0.15) is 0 Å². The molecule has 0 aliphatic carbocycles. The van der Waals surface area contributed by atoms with E-state index in [9.17, 15) is 4.79 Å². The van der Waals surface area contributed by atoms with Gasteiger partial charge in [0.2, 0.25) is 0 Å². The molecule has 2 aromatic rings. The van der Waals surface area contributed by atoms with Crippen molar-refractivity contribution < 1.29 is 4.79 Å². The monoisotopic (exact) mass is 256 g/mol. The molecule has 0 N–H and O–H groups in total. The van der Waals surface area contributed by atoms with Gasteiger partial charge in [-0.1, -0.05) is 48.0 Å². The zero-order valence-electron chi connectivity index (χ0n) is 10.4. The minimum absolute atomic E-state index is 0.271. The van der Waals surface area contributed by atoms with Crippen LogP contribution in [0.25, 0.3) is 0 Å². The standard InChI is InChI=1S/C16H16OS/c1-13-7-9-14(10-8-13)11-15(17)12-18-16-5-3-2-4-6-16/h2-10H,11-12H2,1H3. The molecule has 92 valence electrons. The lowest BCUT2D eigenvalue weighted by Gasteiger charge is -2.02. The van der Waals surface area contributed by atoms with Crippen molar-refractivity contribution in [3.05, 3.63) is 65.7 Å². The van der Waals surface area contributed by atoms with E-state index in [2.05, 4.69) is 6.92 Å². The number of rotatable bonds is 5. The van der Waals surface area contributed by atoms with E-state index in [-0.39, 0.29) is 5.78 Å². The van der Waals surface area contributed by atoms with Crippen LogP contribution in [0.1, 0.15) is 11.1 Å². The van der Waals surface area contributed by atoms with Gasteiger partial charge in [0.05, 0.1) is 5.75 Å². The van der Waals surface area contributed by atoms with Gasteiger partial charge in [0.1, 0.15) is 5.78 Å². The molecule has 0 fully saturated rings. The second-order valence-corrected chi connectivity index (χ2v) is 5.35. The van der Waals surface area contributed by atoms with Crippen LogP contribution < -0.4 is 0 Å². The summed E-state index contributed by atoms with van der Waals surface area (Å²) in [6, 6.07) is 18.2. The van der Waals surface area contributed by atoms with Gasteiger partial charge < -0.3 is 0 Å². The van der Waals surface area contributed by atoms with Crippen LogP contribution in [0.3, 0.4) is 0 Å². The lowest BCUT2D eigenvalue weighted by Crippen LogP contribution is -2.05. The molecule has 0 saturated heterocycles. The summed E-state index contributed by atoms with van der Waals surface area (Å²) in [5.41, 5.74) is 2.32. The Hall–Kier alpha value is -1.54. The quantitative estimate of drug-likeness (QED) is 0.755. The Kier molecular flexibility index (Phi) is 4.59. The van der Waals surface area contributed by atoms with Crippen LogP contribution in [-0.4, -0.2) is 11.5 Å². The van der Waals surface area contributed by atoms with Crippen molar-refractivity contribution in [3.63, 3.8) is 0 Å². The SMILES string of the molecule is Cc1ccc(CC(=O)CSc2ccccc2)cc1. The largest absolute Gasteiger partial charge is 0.298 e. The summed E-state index contributed by atoms with van der Waals surface area (Å²) in [5.74, 6) is 0.811. The third kappa shape index (κ3) is 4.04. The summed E-state index contributed by atoms with van der Waals surface area (Å²) in [5, 5.41) is 0. The molecule has 0 aromatic heterocycles. The number of Topliss-reactive ketones (excluding diaryl/α,β-unsaturated/α-hetero) is 1. The highest BCUT2D eigenvalue weighted by Crippen LogP contribution is 2.17. The molecule has 2 heteroatoms. The second-order valence-electron chi connectivity index (χ2n) is 4.30. The van der Waals surface area contributed by atoms with E-state index in [4.69, 9.17) is 0 Å². The molecule has 0 spiro atoms. The molecule has 0 atom stereocenters. The van der Waals surface area contributed by atoms with Crippen molar-refractivity contribution in [2.75, 3.05) is 5.75 Å². The topological polar surface area (TPSA) is 17.1 Å². The number of benzene rings is 2. The normalized spacial score (nSPS) is 10.3. The van der Waals surface area contributed by atoms with Crippen molar-refractivity contribution in [2.24, 2.45) is 0 Å². The summed E-state index contributed by atoms with van der Waals surface area (Å²) in [4.78, 5) is 13.0. The summed E-state index contributed by atoms with van der Waals surface area (Å²) in [7, 11) is 0. The zero-order valence-corrected chi connectivity index (χ0v) is 11.2. The Morgan fingerprint density at radius 1 is 1.00 bits per heavy atom. The second kappa shape index (κ2) is 6.41. The number of aryl methyl sites for hydroxylation is 1. The van der Waals surface area contributed by atoms with Crippen molar-refractivity contribution in [2.45, 2.75) is 18.2 Å². The van der Waals surface area contributed by atoms with Crippen molar-refractivity contribution in [1.82, 2.24) is 0 Å². The summed E-state index contributed by atoms with van der Waals surface area (Å²) < 4.78 is 0. The maximum Gasteiger partial charge on any atom is 0.147 e. The van der Waals surface area contributed by atoms with Crippen LogP contribution in [-0.2, 0) is 11.2 Å². The maximum atomic E-state index is 11.8. The van der Waals surface area contributed by atoms with Crippen LogP contribution in [0.5, 0.6) is 0 Å². The average Bonchev–Trinajstić information content (AvgIpc) is 2.40. The molecule has 0 amide bonds. The van der Waals surface area contributed by atoms with Crippen molar-refractivity contribution in [1.29, 1.82) is 0 Å². The molecule has 0 bridgehead atoms. The fourth-order valence-corrected chi connectivity index (χ4v) is 2.44. The number of ketones is 1. The van der Waals surface area contributed by atoms with Crippen molar-refractivity contribution >= 4 is 17.5 Å². The molecule has 18 heavy (non-hydrogen) atoms. The Balaban J connectivity index is 1.84. The molecule has 1 nitrogen and oxygen atoms in total. The van der Waals surface area contributed by atoms with E-state index in [1.807, 2.05) is 54.6 Å². The van der Waals surface area contributed by atoms with Crippen LogP contribution in [0, 0.1) is 6.92 Å². The third-order valence-electron chi connectivity index (χ3n) is 2.66. The number of hydrogen-bond acceptors (Lipinski definition) is 2. The minimum Gasteiger partial charge on any atom is -0.298 e. The van der Waals surface area contributed by atoms with E-state index in [1.54, 1.807) is 11.8 Å². The first-order valence-electron chi connectivity index (χ1n) is 5.99. The van der Waals surface area contributed by atoms with Crippen LogP contribution in [0.15, 0.2) is 59.5 Å². The van der Waals surface area contributed by atoms with Gasteiger partial charge in [0.25, 0.3) is 0 Å². The third-order valence-corrected chi connectivity index (χ3v) is 3.74. The highest BCUT2D eigenvalue weighted by Gasteiger charge is 2.04. The zero-order chi connectivity index (χ0) is 12.8. The molecule has 2 rings (SSSR count). The number of carbonyl (C=O) groups is 1. The summed E-state index contributed by atoms with van der Waals surface area (Å²) >= 11 is 1.60. The molecule has 0 heterocycles. The van der Waals surface area contributed by atoms with Crippen LogP contribution in [0.4, 0.5) is 0 Å². The van der Waals surface area contributed by atoms with Gasteiger partial charge in [0.15, 0.2) is 0 Å². The first-order chi connectivity index (χ1) is 8.74. The average molecular weight is 256 g/mol. The van der Waals surface area contributed by atoms with E-state index < -0.39 is 0 Å². The fraction of sp³-hybridized carbons (Fsp3) is 0.188. The molecule has 0 unspecified atom stereocenters. The maximum absolute atomic E-state index is 11.8. The lowest BCUT2D eigenvalue weighted by atomic mass is 10.1. The fourth-order valence-electron chi connectivity index (χ4n) is 1.67. The van der Waals surface area contributed by atoms with Gasteiger partial charge >= 0.3 is 0 Å². The van der Waals surface area contributed by atoms with Gasteiger partial charge in [0, 0.05) is 11.3 Å². The van der Waals surface area contributed by atoms with E-state index >= 15 is 0 Å². The smallest absolute Gasteiger partial charge is 0.147 e.